The van der Waals surface area contributed by atoms with Gasteiger partial charge in [-0.3, -0.25) is 0 Å². The standard InChI is InChI=1S/C16H11F7N2O2S/c1-26-7-4-3-6(5-8(7)27-2)24-15(28)25-14-12(19)10(17)9(16(21,22)23)11(18)13(14)20/h3-5H,1-2H3,(H2,24,25,28). The number of alkyl halides is 3. The van der Waals surface area contributed by atoms with Gasteiger partial charge in [0.25, 0.3) is 0 Å². The Balaban J connectivity index is 2.32. The maximum Gasteiger partial charge on any atom is 0.422 e. The molecule has 0 aliphatic carbocycles. The van der Waals surface area contributed by atoms with Crippen molar-refractivity contribution in [2.45, 2.75) is 6.18 Å². The highest BCUT2D eigenvalue weighted by molar-refractivity contribution is 7.80. The zero-order valence-corrected chi connectivity index (χ0v) is 14.9. The predicted molar refractivity (Wildman–Crippen MR) is 90.7 cm³/mol. The van der Waals surface area contributed by atoms with Crippen molar-refractivity contribution in [3.63, 3.8) is 0 Å². The van der Waals surface area contributed by atoms with E-state index in [9.17, 15) is 30.7 Å². The molecule has 0 saturated heterocycles. The first-order chi connectivity index (χ1) is 13.0. The zero-order valence-electron chi connectivity index (χ0n) is 14.1. The van der Waals surface area contributed by atoms with Crippen molar-refractivity contribution in [1.29, 1.82) is 0 Å². The van der Waals surface area contributed by atoms with Gasteiger partial charge in [-0.15, -0.1) is 0 Å². The summed E-state index contributed by atoms with van der Waals surface area (Å²) < 4.78 is 103. The highest BCUT2D eigenvalue weighted by Crippen LogP contribution is 2.38. The number of hydrogen-bond acceptors (Lipinski definition) is 3. The lowest BCUT2D eigenvalue weighted by molar-refractivity contribution is -0.143. The van der Waals surface area contributed by atoms with Crippen LogP contribution in [-0.2, 0) is 6.18 Å². The van der Waals surface area contributed by atoms with E-state index in [2.05, 4.69) is 5.32 Å². The fourth-order valence-corrected chi connectivity index (χ4v) is 2.40. The fourth-order valence-electron chi connectivity index (χ4n) is 2.18. The van der Waals surface area contributed by atoms with E-state index < -0.39 is 45.8 Å². The van der Waals surface area contributed by atoms with Crippen molar-refractivity contribution in [3.8, 4) is 11.5 Å². The largest absolute Gasteiger partial charge is 0.493 e. The van der Waals surface area contributed by atoms with Gasteiger partial charge in [0, 0.05) is 11.8 Å². The molecule has 4 nitrogen and oxygen atoms in total. The highest BCUT2D eigenvalue weighted by Gasteiger charge is 2.42. The molecule has 2 rings (SSSR count). The Labute approximate surface area is 159 Å². The Hall–Kier alpha value is -2.76. The third-order valence-corrected chi connectivity index (χ3v) is 3.63. The topological polar surface area (TPSA) is 42.5 Å². The third-order valence-electron chi connectivity index (χ3n) is 3.43. The van der Waals surface area contributed by atoms with Crippen LogP contribution in [0.25, 0.3) is 0 Å². The van der Waals surface area contributed by atoms with Gasteiger partial charge in [0.15, 0.2) is 39.9 Å². The van der Waals surface area contributed by atoms with Crippen molar-refractivity contribution in [2.75, 3.05) is 24.9 Å². The molecule has 0 aliphatic heterocycles. The van der Waals surface area contributed by atoms with E-state index in [1.165, 1.54) is 32.4 Å². The summed E-state index contributed by atoms with van der Waals surface area (Å²) in [5.74, 6) is -9.12. The molecule has 0 amide bonds. The normalized spacial score (nSPS) is 11.2. The highest BCUT2D eigenvalue weighted by atomic mass is 32.1. The summed E-state index contributed by atoms with van der Waals surface area (Å²) in [6.45, 7) is 0. The molecule has 0 atom stereocenters. The van der Waals surface area contributed by atoms with Crippen LogP contribution in [0.3, 0.4) is 0 Å². The zero-order chi connectivity index (χ0) is 21.2. The average Bonchev–Trinajstić information content (AvgIpc) is 2.62. The molecular weight excluding hydrogens is 417 g/mol. The molecular formula is C16H11F7N2O2S. The Kier molecular flexibility index (Phi) is 6.22. The molecule has 2 aromatic rings. The molecule has 0 spiro atoms. The van der Waals surface area contributed by atoms with E-state index >= 15 is 0 Å². The van der Waals surface area contributed by atoms with Gasteiger partial charge >= 0.3 is 6.18 Å². The average molecular weight is 428 g/mol. The summed E-state index contributed by atoms with van der Waals surface area (Å²) in [7, 11) is 2.73. The van der Waals surface area contributed by atoms with Gasteiger partial charge in [-0.2, -0.15) is 13.2 Å². The van der Waals surface area contributed by atoms with Crippen LogP contribution in [-0.4, -0.2) is 19.3 Å². The molecule has 0 radical (unpaired) electrons. The second-order valence-corrected chi connectivity index (χ2v) is 5.56. The summed E-state index contributed by atoms with van der Waals surface area (Å²) in [6.07, 6.45) is -5.63. The van der Waals surface area contributed by atoms with E-state index in [4.69, 9.17) is 21.7 Å². The lowest BCUT2D eigenvalue weighted by atomic mass is 10.1. The van der Waals surface area contributed by atoms with Gasteiger partial charge in [-0.1, -0.05) is 0 Å². The number of nitrogens with one attached hydrogen (secondary N) is 2. The fraction of sp³-hybridized carbons (Fsp3) is 0.188. The van der Waals surface area contributed by atoms with Gasteiger partial charge in [-0.05, 0) is 24.4 Å². The summed E-state index contributed by atoms with van der Waals surface area (Å²) in [4.78, 5) is 0. The number of ether oxygens (including phenoxy) is 2. The SMILES string of the molecule is COc1ccc(NC(=S)Nc2c(F)c(F)c(C(F)(F)F)c(F)c2F)cc1OC. The van der Waals surface area contributed by atoms with Gasteiger partial charge in [0.1, 0.15) is 11.3 Å². The first-order valence-corrected chi connectivity index (χ1v) is 7.65. The van der Waals surface area contributed by atoms with Crippen LogP contribution in [0.1, 0.15) is 5.56 Å². The molecule has 2 N–H and O–H groups in total. The molecule has 152 valence electrons. The molecule has 0 heterocycles. The van der Waals surface area contributed by atoms with Crippen LogP contribution in [0.15, 0.2) is 18.2 Å². The van der Waals surface area contributed by atoms with Gasteiger partial charge in [0.2, 0.25) is 0 Å². The van der Waals surface area contributed by atoms with Crippen molar-refractivity contribution in [2.24, 2.45) is 0 Å². The summed E-state index contributed by atoms with van der Waals surface area (Å²) in [5, 5.41) is 3.69. The van der Waals surface area contributed by atoms with E-state index in [0.29, 0.717) is 5.75 Å². The Morgan fingerprint density at radius 3 is 1.86 bits per heavy atom. The number of hydrogen-bond donors (Lipinski definition) is 2. The van der Waals surface area contributed by atoms with E-state index in [1.807, 2.05) is 0 Å². The monoisotopic (exact) mass is 428 g/mol. The minimum absolute atomic E-state index is 0.226. The van der Waals surface area contributed by atoms with Crippen LogP contribution in [0.5, 0.6) is 11.5 Å². The van der Waals surface area contributed by atoms with Crippen LogP contribution < -0.4 is 20.1 Å². The lowest BCUT2D eigenvalue weighted by Gasteiger charge is -2.16. The number of methoxy groups -OCH3 is 2. The number of halogens is 7. The number of rotatable bonds is 4. The number of thiocarbonyl (C=S) groups is 1. The lowest BCUT2D eigenvalue weighted by Crippen LogP contribution is -2.23. The summed E-state index contributed by atoms with van der Waals surface area (Å²) in [5.41, 5.74) is -3.96. The Bertz CT molecular complexity index is 890. The molecule has 2 aromatic carbocycles. The van der Waals surface area contributed by atoms with Gasteiger partial charge in [-0.25, -0.2) is 17.6 Å². The Morgan fingerprint density at radius 2 is 1.39 bits per heavy atom. The predicted octanol–water partition coefficient (Wildman–Crippen LogP) is 5.09. The number of anilines is 2. The molecule has 0 fully saturated rings. The molecule has 0 bridgehead atoms. The molecule has 0 aliphatic rings. The number of benzene rings is 2. The first-order valence-electron chi connectivity index (χ1n) is 7.24. The minimum atomic E-state index is -5.63. The summed E-state index contributed by atoms with van der Waals surface area (Å²) >= 11 is 4.78. The van der Waals surface area contributed by atoms with Gasteiger partial charge in [0.05, 0.1) is 14.2 Å². The first kappa shape index (κ1) is 21.5. The van der Waals surface area contributed by atoms with Crippen LogP contribution in [0.4, 0.5) is 42.1 Å². The van der Waals surface area contributed by atoms with Crippen molar-refractivity contribution in [3.05, 3.63) is 47.0 Å². The molecule has 12 heteroatoms. The molecule has 0 unspecified atom stereocenters. The maximum absolute atomic E-state index is 13.9. The van der Waals surface area contributed by atoms with Crippen molar-refractivity contribution in [1.82, 2.24) is 0 Å². The Morgan fingerprint density at radius 1 is 0.857 bits per heavy atom. The minimum Gasteiger partial charge on any atom is -0.493 e. The van der Waals surface area contributed by atoms with Crippen molar-refractivity contribution >= 4 is 28.7 Å². The third kappa shape index (κ3) is 4.21. The maximum atomic E-state index is 13.9. The second kappa shape index (κ2) is 8.09. The quantitative estimate of drug-likeness (QED) is 0.404. The van der Waals surface area contributed by atoms with E-state index in [-0.39, 0.29) is 11.4 Å². The van der Waals surface area contributed by atoms with Gasteiger partial charge < -0.3 is 20.1 Å². The molecule has 0 aromatic heterocycles. The van der Waals surface area contributed by atoms with Crippen LogP contribution in [0.2, 0.25) is 0 Å². The van der Waals surface area contributed by atoms with Crippen molar-refractivity contribution < 1.29 is 40.2 Å². The summed E-state index contributed by atoms with van der Waals surface area (Å²) in [6, 6.07) is 4.27. The molecule has 28 heavy (non-hydrogen) atoms. The molecule has 0 saturated carbocycles. The second-order valence-electron chi connectivity index (χ2n) is 5.15. The smallest absolute Gasteiger partial charge is 0.422 e. The van der Waals surface area contributed by atoms with E-state index in [1.54, 1.807) is 5.32 Å². The van der Waals surface area contributed by atoms with Crippen LogP contribution in [0, 0.1) is 23.3 Å². The van der Waals surface area contributed by atoms with E-state index in [0.717, 1.165) is 0 Å². The van der Waals surface area contributed by atoms with Crippen LogP contribution >= 0.6 is 12.2 Å².